The van der Waals surface area contributed by atoms with E-state index in [0.29, 0.717) is 12.1 Å². The predicted octanol–water partition coefficient (Wildman–Crippen LogP) is 3.75. The summed E-state index contributed by atoms with van der Waals surface area (Å²) >= 11 is 1.94. The highest BCUT2D eigenvalue weighted by atomic mass is 32.1. The smallest absolute Gasteiger partial charge is 0.186 e. The van der Waals surface area contributed by atoms with Crippen molar-refractivity contribution in [2.75, 3.05) is 18.0 Å². The lowest BCUT2D eigenvalue weighted by Gasteiger charge is -2.26. The molecule has 2 aliphatic carbocycles. The molecule has 1 saturated carbocycles. The first kappa shape index (κ1) is 14.3. The number of aromatic nitrogens is 1. The standard InChI is InChI=1S/C16H27N3S/c1-4-17-13-6-5-7-14-15(13)20-16(18-14)19(11(2)3)10-12-8-9-12/h11-13,17H,4-10H2,1-3H3. The van der Waals surface area contributed by atoms with Crippen LogP contribution in [0.5, 0.6) is 0 Å². The number of anilines is 1. The van der Waals surface area contributed by atoms with Crippen LogP contribution in [-0.4, -0.2) is 24.1 Å². The molecular formula is C16H27N3S. The van der Waals surface area contributed by atoms with Crippen LogP contribution < -0.4 is 10.2 Å². The predicted molar refractivity (Wildman–Crippen MR) is 86.7 cm³/mol. The summed E-state index contributed by atoms with van der Waals surface area (Å²) in [5.74, 6) is 0.919. The van der Waals surface area contributed by atoms with Crippen molar-refractivity contribution in [3.63, 3.8) is 0 Å². The average molecular weight is 293 g/mol. The summed E-state index contributed by atoms with van der Waals surface area (Å²) in [7, 11) is 0. The summed E-state index contributed by atoms with van der Waals surface area (Å²) in [5, 5.41) is 4.89. The fourth-order valence-electron chi connectivity index (χ4n) is 3.06. The van der Waals surface area contributed by atoms with Crippen LogP contribution in [-0.2, 0) is 6.42 Å². The Morgan fingerprint density at radius 2 is 2.15 bits per heavy atom. The Morgan fingerprint density at radius 1 is 1.35 bits per heavy atom. The van der Waals surface area contributed by atoms with Gasteiger partial charge in [0.1, 0.15) is 0 Å². The lowest BCUT2D eigenvalue weighted by molar-refractivity contribution is 0.476. The van der Waals surface area contributed by atoms with E-state index in [0.717, 1.165) is 12.5 Å². The van der Waals surface area contributed by atoms with Gasteiger partial charge in [-0.2, -0.15) is 0 Å². The Hall–Kier alpha value is -0.610. The molecule has 20 heavy (non-hydrogen) atoms. The number of fused-ring (bicyclic) bond motifs is 1. The second kappa shape index (κ2) is 6.02. The summed E-state index contributed by atoms with van der Waals surface area (Å²) in [5.41, 5.74) is 1.36. The van der Waals surface area contributed by atoms with Crippen molar-refractivity contribution in [3.8, 4) is 0 Å². The lowest BCUT2D eigenvalue weighted by atomic mass is 9.98. The topological polar surface area (TPSA) is 28.2 Å². The molecule has 1 N–H and O–H groups in total. The first-order valence-corrected chi connectivity index (χ1v) is 9.00. The van der Waals surface area contributed by atoms with E-state index in [4.69, 9.17) is 4.98 Å². The zero-order valence-electron chi connectivity index (χ0n) is 13.0. The minimum atomic E-state index is 0.546. The van der Waals surface area contributed by atoms with E-state index in [1.165, 1.54) is 54.4 Å². The molecule has 0 amide bonds. The van der Waals surface area contributed by atoms with Crippen LogP contribution >= 0.6 is 11.3 Å². The fraction of sp³-hybridized carbons (Fsp3) is 0.812. The van der Waals surface area contributed by atoms with Gasteiger partial charge in [0, 0.05) is 23.5 Å². The molecule has 0 saturated heterocycles. The van der Waals surface area contributed by atoms with Gasteiger partial charge in [0.2, 0.25) is 0 Å². The average Bonchev–Trinajstić information content (AvgIpc) is 3.13. The summed E-state index contributed by atoms with van der Waals surface area (Å²) in [4.78, 5) is 9.03. The third kappa shape index (κ3) is 3.01. The zero-order chi connectivity index (χ0) is 14.1. The molecule has 1 aromatic rings. The second-order valence-electron chi connectivity index (χ2n) is 6.50. The quantitative estimate of drug-likeness (QED) is 0.865. The first-order valence-electron chi connectivity index (χ1n) is 8.18. The molecule has 1 atom stereocenters. The Kier molecular flexibility index (Phi) is 4.32. The maximum atomic E-state index is 4.99. The molecule has 2 aliphatic rings. The maximum Gasteiger partial charge on any atom is 0.186 e. The molecule has 0 bridgehead atoms. The third-order valence-corrected chi connectivity index (χ3v) is 5.66. The minimum absolute atomic E-state index is 0.546. The van der Waals surface area contributed by atoms with Crippen LogP contribution in [0.4, 0.5) is 5.13 Å². The second-order valence-corrected chi connectivity index (χ2v) is 7.51. The van der Waals surface area contributed by atoms with E-state index in [2.05, 4.69) is 31.0 Å². The van der Waals surface area contributed by atoms with E-state index in [-0.39, 0.29) is 0 Å². The molecule has 3 rings (SSSR count). The summed E-state index contributed by atoms with van der Waals surface area (Å²) in [6.07, 6.45) is 6.54. The van der Waals surface area contributed by atoms with Gasteiger partial charge in [-0.1, -0.05) is 18.3 Å². The molecule has 4 heteroatoms. The first-order chi connectivity index (χ1) is 9.69. The van der Waals surface area contributed by atoms with E-state index >= 15 is 0 Å². The SMILES string of the molecule is CCNC1CCCc2nc(N(CC3CC3)C(C)C)sc21. The Balaban J connectivity index is 1.82. The van der Waals surface area contributed by atoms with Crippen molar-refractivity contribution in [1.82, 2.24) is 10.3 Å². The van der Waals surface area contributed by atoms with Crippen molar-refractivity contribution in [2.24, 2.45) is 5.92 Å². The molecule has 1 fully saturated rings. The van der Waals surface area contributed by atoms with Crippen molar-refractivity contribution in [2.45, 2.75) is 65.0 Å². The zero-order valence-corrected chi connectivity index (χ0v) is 13.8. The lowest BCUT2D eigenvalue weighted by Crippen LogP contribution is -2.32. The van der Waals surface area contributed by atoms with E-state index in [1.807, 2.05) is 11.3 Å². The fourth-order valence-corrected chi connectivity index (χ4v) is 4.42. The monoisotopic (exact) mass is 293 g/mol. The highest BCUT2D eigenvalue weighted by Crippen LogP contribution is 2.39. The van der Waals surface area contributed by atoms with Crippen molar-refractivity contribution in [1.29, 1.82) is 0 Å². The van der Waals surface area contributed by atoms with Crippen molar-refractivity contribution in [3.05, 3.63) is 10.6 Å². The third-order valence-electron chi connectivity index (χ3n) is 4.41. The van der Waals surface area contributed by atoms with Gasteiger partial charge in [-0.3, -0.25) is 0 Å². The van der Waals surface area contributed by atoms with Crippen LogP contribution in [0.1, 0.15) is 63.1 Å². The highest BCUT2D eigenvalue weighted by molar-refractivity contribution is 7.15. The largest absolute Gasteiger partial charge is 0.345 e. The van der Waals surface area contributed by atoms with E-state index in [1.54, 1.807) is 0 Å². The normalized spacial score (nSPS) is 22.1. The Morgan fingerprint density at radius 3 is 2.80 bits per heavy atom. The molecular weight excluding hydrogens is 266 g/mol. The van der Waals surface area contributed by atoms with E-state index < -0.39 is 0 Å². The molecule has 0 spiro atoms. The number of rotatable bonds is 6. The Labute approximate surface area is 126 Å². The summed E-state index contributed by atoms with van der Waals surface area (Å²) in [6, 6.07) is 1.10. The van der Waals surface area contributed by atoms with Crippen LogP contribution in [0, 0.1) is 5.92 Å². The van der Waals surface area contributed by atoms with E-state index in [9.17, 15) is 0 Å². The summed E-state index contributed by atoms with van der Waals surface area (Å²) in [6.45, 7) is 9.04. The highest BCUT2D eigenvalue weighted by Gasteiger charge is 2.30. The molecule has 1 heterocycles. The van der Waals surface area contributed by atoms with Gasteiger partial charge in [-0.25, -0.2) is 4.98 Å². The van der Waals surface area contributed by atoms with Gasteiger partial charge in [0.15, 0.2) is 5.13 Å². The van der Waals surface area contributed by atoms with Crippen LogP contribution in [0.25, 0.3) is 0 Å². The molecule has 112 valence electrons. The number of hydrogen-bond acceptors (Lipinski definition) is 4. The molecule has 0 aliphatic heterocycles. The molecule has 0 aromatic carbocycles. The summed E-state index contributed by atoms with van der Waals surface area (Å²) < 4.78 is 0. The van der Waals surface area contributed by atoms with Gasteiger partial charge in [-0.15, -0.1) is 0 Å². The maximum absolute atomic E-state index is 4.99. The molecule has 0 radical (unpaired) electrons. The number of nitrogens with zero attached hydrogens (tertiary/aromatic N) is 2. The molecule has 3 nitrogen and oxygen atoms in total. The number of nitrogens with one attached hydrogen (secondary N) is 1. The number of thiazole rings is 1. The van der Waals surface area contributed by atoms with Gasteiger partial charge in [-0.05, 0) is 58.4 Å². The van der Waals surface area contributed by atoms with Gasteiger partial charge < -0.3 is 10.2 Å². The van der Waals surface area contributed by atoms with Crippen LogP contribution in [0.2, 0.25) is 0 Å². The molecule has 1 unspecified atom stereocenters. The van der Waals surface area contributed by atoms with Crippen LogP contribution in [0.3, 0.4) is 0 Å². The number of aryl methyl sites for hydroxylation is 1. The van der Waals surface area contributed by atoms with Crippen LogP contribution in [0.15, 0.2) is 0 Å². The van der Waals surface area contributed by atoms with Gasteiger partial charge in [0.25, 0.3) is 0 Å². The van der Waals surface area contributed by atoms with Crippen molar-refractivity contribution < 1.29 is 0 Å². The minimum Gasteiger partial charge on any atom is -0.345 e. The van der Waals surface area contributed by atoms with Crippen molar-refractivity contribution >= 4 is 16.5 Å². The Bertz CT molecular complexity index is 451. The van der Waals surface area contributed by atoms with Gasteiger partial charge in [0.05, 0.1) is 5.69 Å². The number of hydrogen-bond donors (Lipinski definition) is 1. The molecule has 1 aromatic heterocycles. The van der Waals surface area contributed by atoms with Gasteiger partial charge >= 0.3 is 0 Å².